The zero-order valence-electron chi connectivity index (χ0n) is 18.1. The van der Waals surface area contributed by atoms with Crippen LogP contribution in [0.1, 0.15) is 68.1 Å². The Kier molecular flexibility index (Phi) is 5.24. The van der Waals surface area contributed by atoms with Gasteiger partial charge in [0.05, 0.1) is 7.11 Å². The van der Waals surface area contributed by atoms with Crippen molar-refractivity contribution in [2.75, 3.05) is 20.2 Å². The van der Waals surface area contributed by atoms with E-state index in [2.05, 4.69) is 10.2 Å². The Morgan fingerprint density at radius 3 is 2.10 bits per heavy atom. The number of benzene rings is 1. The number of amides is 2. The quantitative estimate of drug-likeness (QED) is 0.798. The van der Waals surface area contributed by atoms with E-state index in [0.29, 0.717) is 16.9 Å². The van der Waals surface area contributed by atoms with Gasteiger partial charge in [-0.2, -0.15) is 0 Å². The van der Waals surface area contributed by atoms with E-state index in [0.717, 1.165) is 55.9 Å². The monoisotopic (exact) mass is 410 g/mol. The van der Waals surface area contributed by atoms with Gasteiger partial charge in [-0.05, 0) is 98.8 Å². The number of ether oxygens (including phenoxy) is 1. The zero-order valence-corrected chi connectivity index (χ0v) is 18.1. The van der Waals surface area contributed by atoms with Gasteiger partial charge < -0.3 is 15.0 Å². The summed E-state index contributed by atoms with van der Waals surface area (Å²) in [6.07, 6.45) is 10.6. The number of carbonyl (C=O) groups is 2. The molecule has 1 heterocycles. The summed E-state index contributed by atoms with van der Waals surface area (Å²) in [5, 5.41) is 3.14. The minimum Gasteiger partial charge on any atom is -0.497 e. The van der Waals surface area contributed by atoms with Crippen LogP contribution in [0.5, 0.6) is 5.75 Å². The molecule has 4 aliphatic carbocycles. The lowest BCUT2D eigenvalue weighted by molar-refractivity contribution is -0.140. The van der Waals surface area contributed by atoms with Crippen molar-refractivity contribution in [1.29, 1.82) is 0 Å². The van der Waals surface area contributed by atoms with Gasteiger partial charge in [-0.15, -0.1) is 0 Å². The number of carbonyl (C=O) groups excluding carboxylic acids is 2. The Labute approximate surface area is 179 Å². The Balaban J connectivity index is 1.11. The fraction of sp³-hybridized carbons (Fsp3) is 0.680. The number of methoxy groups -OCH3 is 1. The van der Waals surface area contributed by atoms with Gasteiger partial charge in [-0.25, -0.2) is 0 Å². The molecule has 1 aliphatic heterocycles. The molecular formula is C25H34N2O3. The molecule has 1 aromatic carbocycles. The molecule has 162 valence electrons. The van der Waals surface area contributed by atoms with Gasteiger partial charge in [0.2, 0.25) is 5.91 Å². The molecule has 5 heteroatoms. The van der Waals surface area contributed by atoms with Crippen molar-refractivity contribution in [2.24, 2.45) is 23.2 Å². The van der Waals surface area contributed by atoms with Crippen molar-refractivity contribution >= 4 is 11.8 Å². The van der Waals surface area contributed by atoms with E-state index in [1.54, 1.807) is 31.4 Å². The number of nitrogens with one attached hydrogen (secondary N) is 1. The highest BCUT2D eigenvalue weighted by molar-refractivity contribution is 5.94. The highest BCUT2D eigenvalue weighted by Crippen LogP contribution is 2.61. The van der Waals surface area contributed by atoms with Crippen LogP contribution in [0.2, 0.25) is 0 Å². The molecule has 4 saturated carbocycles. The first kappa shape index (κ1) is 19.9. The summed E-state index contributed by atoms with van der Waals surface area (Å²) in [5.41, 5.74) is 0.960. The van der Waals surface area contributed by atoms with Crippen LogP contribution in [0, 0.1) is 23.2 Å². The number of nitrogens with zero attached hydrogens (tertiary/aromatic N) is 1. The number of hydrogen-bond acceptors (Lipinski definition) is 3. The first-order valence-corrected chi connectivity index (χ1v) is 11.7. The Morgan fingerprint density at radius 2 is 1.57 bits per heavy atom. The number of rotatable bonds is 5. The van der Waals surface area contributed by atoms with E-state index in [1.807, 2.05) is 0 Å². The van der Waals surface area contributed by atoms with Gasteiger partial charge in [0.1, 0.15) is 5.75 Å². The maximum atomic E-state index is 13.1. The number of likely N-dealkylation sites (tertiary alicyclic amines) is 1. The molecule has 0 radical (unpaired) electrons. The third-order valence-electron chi connectivity index (χ3n) is 8.23. The molecule has 5 aliphatic rings. The third kappa shape index (κ3) is 3.95. The summed E-state index contributed by atoms with van der Waals surface area (Å²) in [6.45, 7) is 1.53. The SMILES string of the molecule is COc1ccc(C(=O)NC2CCN(C(=O)CC34CC5CC(CC(C5)C3)C4)CC2)cc1. The molecule has 0 aromatic heterocycles. The third-order valence-corrected chi connectivity index (χ3v) is 8.23. The van der Waals surface area contributed by atoms with Crippen LogP contribution in [0.3, 0.4) is 0 Å². The van der Waals surface area contributed by atoms with Crippen LogP contribution in [0.15, 0.2) is 24.3 Å². The van der Waals surface area contributed by atoms with Crippen LogP contribution in [0.4, 0.5) is 0 Å². The maximum Gasteiger partial charge on any atom is 0.251 e. The minimum absolute atomic E-state index is 0.0454. The van der Waals surface area contributed by atoms with Crippen molar-refractivity contribution in [2.45, 2.75) is 63.8 Å². The highest BCUT2D eigenvalue weighted by Gasteiger charge is 2.51. The van der Waals surface area contributed by atoms with E-state index in [-0.39, 0.29) is 11.9 Å². The van der Waals surface area contributed by atoms with Crippen LogP contribution in [-0.2, 0) is 4.79 Å². The van der Waals surface area contributed by atoms with Crippen LogP contribution in [-0.4, -0.2) is 43.0 Å². The lowest BCUT2D eigenvalue weighted by atomic mass is 9.49. The summed E-state index contributed by atoms with van der Waals surface area (Å²) in [5.74, 6) is 3.74. The molecule has 1 N–H and O–H groups in total. The molecule has 0 unspecified atom stereocenters. The lowest BCUT2D eigenvalue weighted by Gasteiger charge is -2.57. The first-order chi connectivity index (χ1) is 14.5. The fourth-order valence-corrected chi connectivity index (χ4v) is 7.22. The molecule has 5 nitrogen and oxygen atoms in total. The minimum atomic E-state index is -0.0454. The summed E-state index contributed by atoms with van der Waals surface area (Å²) in [6, 6.07) is 7.33. The summed E-state index contributed by atoms with van der Waals surface area (Å²) < 4.78 is 5.15. The molecule has 2 amide bonds. The lowest BCUT2D eigenvalue weighted by Crippen LogP contribution is -2.50. The van der Waals surface area contributed by atoms with Crippen LogP contribution in [0.25, 0.3) is 0 Å². The molecule has 4 bridgehead atoms. The molecular weight excluding hydrogens is 376 g/mol. The molecule has 30 heavy (non-hydrogen) atoms. The summed E-state index contributed by atoms with van der Waals surface area (Å²) in [4.78, 5) is 27.7. The highest BCUT2D eigenvalue weighted by atomic mass is 16.5. The maximum absolute atomic E-state index is 13.1. The predicted molar refractivity (Wildman–Crippen MR) is 115 cm³/mol. The van der Waals surface area contributed by atoms with E-state index >= 15 is 0 Å². The van der Waals surface area contributed by atoms with E-state index in [9.17, 15) is 9.59 Å². The van der Waals surface area contributed by atoms with Crippen molar-refractivity contribution < 1.29 is 14.3 Å². The van der Waals surface area contributed by atoms with Crippen molar-refractivity contribution in [1.82, 2.24) is 10.2 Å². The second-order valence-corrected chi connectivity index (χ2v) is 10.5. The Morgan fingerprint density at radius 1 is 1.00 bits per heavy atom. The largest absolute Gasteiger partial charge is 0.497 e. The number of piperidine rings is 1. The fourth-order valence-electron chi connectivity index (χ4n) is 7.22. The zero-order chi connectivity index (χ0) is 20.7. The van der Waals surface area contributed by atoms with Gasteiger partial charge in [0.25, 0.3) is 5.91 Å². The summed E-state index contributed by atoms with van der Waals surface area (Å²) in [7, 11) is 1.62. The Hall–Kier alpha value is -2.04. The van der Waals surface area contributed by atoms with Gasteiger partial charge in [-0.1, -0.05) is 0 Å². The average molecular weight is 411 g/mol. The molecule has 0 atom stereocenters. The number of hydrogen-bond donors (Lipinski definition) is 1. The second kappa shape index (κ2) is 7.90. The smallest absolute Gasteiger partial charge is 0.251 e. The molecule has 0 spiro atoms. The molecule has 1 aromatic rings. The van der Waals surface area contributed by atoms with E-state index < -0.39 is 0 Å². The Bertz CT molecular complexity index is 760. The molecule has 1 saturated heterocycles. The topological polar surface area (TPSA) is 58.6 Å². The van der Waals surface area contributed by atoms with Crippen molar-refractivity contribution in [3.05, 3.63) is 29.8 Å². The molecule has 6 rings (SSSR count). The predicted octanol–water partition coefficient (Wildman–Crippen LogP) is 4.02. The van der Waals surface area contributed by atoms with Crippen molar-refractivity contribution in [3.63, 3.8) is 0 Å². The molecule has 5 fully saturated rings. The van der Waals surface area contributed by atoms with E-state index in [1.165, 1.54) is 38.5 Å². The van der Waals surface area contributed by atoms with Gasteiger partial charge in [0.15, 0.2) is 0 Å². The van der Waals surface area contributed by atoms with E-state index in [4.69, 9.17) is 4.74 Å². The van der Waals surface area contributed by atoms with Gasteiger partial charge >= 0.3 is 0 Å². The van der Waals surface area contributed by atoms with Crippen LogP contribution >= 0.6 is 0 Å². The standard InChI is InChI=1S/C25H34N2O3/c1-30-22-4-2-20(3-5-22)24(29)26-21-6-8-27(9-7-21)23(28)16-25-13-17-10-18(14-25)12-19(11-17)15-25/h2-5,17-19,21H,6-16H2,1H3,(H,26,29). The van der Waals surface area contributed by atoms with Crippen LogP contribution < -0.4 is 10.1 Å². The second-order valence-electron chi connectivity index (χ2n) is 10.5. The summed E-state index contributed by atoms with van der Waals surface area (Å²) >= 11 is 0. The first-order valence-electron chi connectivity index (χ1n) is 11.7. The average Bonchev–Trinajstić information content (AvgIpc) is 2.73. The van der Waals surface area contributed by atoms with Crippen molar-refractivity contribution in [3.8, 4) is 5.75 Å². The normalized spacial score (nSPS) is 32.8. The van der Waals surface area contributed by atoms with Gasteiger partial charge in [-0.3, -0.25) is 9.59 Å². The van der Waals surface area contributed by atoms with Gasteiger partial charge in [0, 0.05) is 31.1 Å².